The van der Waals surface area contributed by atoms with Gasteiger partial charge in [0.05, 0.1) is 4.88 Å². The van der Waals surface area contributed by atoms with Crippen LogP contribution in [0.2, 0.25) is 0 Å². The molecule has 0 aliphatic rings. The summed E-state index contributed by atoms with van der Waals surface area (Å²) >= 11 is 4.87. The van der Waals surface area contributed by atoms with Crippen LogP contribution in [0.1, 0.15) is 5.69 Å². The Morgan fingerprint density at radius 1 is 1.42 bits per heavy atom. The number of rotatable bonds is 2. The minimum atomic E-state index is -0.140. The van der Waals surface area contributed by atoms with Gasteiger partial charge in [-0.25, -0.2) is 0 Å². The smallest absolute Gasteiger partial charge is 0.263 e. The van der Waals surface area contributed by atoms with Gasteiger partial charge in [-0.1, -0.05) is 5.16 Å². The molecule has 0 radical (unpaired) electrons. The number of hydrogen-bond acceptors (Lipinski definition) is 5. The van der Waals surface area contributed by atoms with Crippen molar-refractivity contribution in [3.63, 3.8) is 0 Å². The number of halogens is 1. The Kier molecular flexibility index (Phi) is 3.08. The van der Waals surface area contributed by atoms with E-state index in [4.69, 9.17) is 4.52 Å². The fourth-order valence-electron chi connectivity index (χ4n) is 1.60. The van der Waals surface area contributed by atoms with E-state index in [1.165, 1.54) is 17.4 Å². The highest BCUT2D eigenvalue weighted by atomic mass is 79.9. The predicted octanol–water partition coefficient (Wildman–Crippen LogP) is 3.22. The van der Waals surface area contributed by atoms with Crippen molar-refractivity contribution < 1.29 is 4.52 Å². The predicted molar refractivity (Wildman–Crippen MR) is 76.1 cm³/mol. The monoisotopic (exact) mass is 337 g/mol. The minimum Gasteiger partial charge on any atom is -0.364 e. The summed E-state index contributed by atoms with van der Waals surface area (Å²) in [5.41, 5.74) is 1.02. The van der Waals surface area contributed by atoms with Crippen molar-refractivity contribution in [2.24, 2.45) is 0 Å². The van der Waals surface area contributed by atoms with E-state index in [-0.39, 0.29) is 11.3 Å². The number of nitrogens with one attached hydrogen (secondary N) is 1. The zero-order chi connectivity index (χ0) is 13.4. The second-order valence-electron chi connectivity index (χ2n) is 3.95. The zero-order valence-electron chi connectivity index (χ0n) is 9.81. The Bertz CT molecular complexity index is 790. The highest BCUT2D eigenvalue weighted by Crippen LogP contribution is 2.28. The molecule has 0 aromatic carbocycles. The first-order valence-corrected chi connectivity index (χ1v) is 7.08. The molecular formula is C12H8BrN3O2S. The van der Waals surface area contributed by atoms with Crippen molar-refractivity contribution in [2.45, 2.75) is 6.92 Å². The van der Waals surface area contributed by atoms with E-state index in [9.17, 15) is 4.79 Å². The van der Waals surface area contributed by atoms with Gasteiger partial charge in [-0.05, 0) is 28.9 Å². The number of H-pyrrole nitrogens is 1. The van der Waals surface area contributed by atoms with E-state index < -0.39 is 0 Å². The van der Waals surface area contributed by atoms with Gasteiger partial charge in [0.2, 0.25) is 5.82 Å². The summed E-state index contributed by atoms with van der Waals surface area (Å²) in [4.78, 5) is 19.9. The summed E-state index contributed by atoms with van der Waals surface area (Å²) < 4.78 is 6.11. The van der Waals surface area contributed by atoms with Gasteiger partial charge in [0.15, 0.2) is 5.43 Å². The van der Waals surface area contributed by atoms with Gasteiger partial charge < -0.3 is 9.51 Å². The first-order valence-electron chi connectivity index (χ1n) is 5.41. The summed E-state index contributed by atoms with van der Waals surface area (Å²) in [6.45, 7) is 1.81. The molecule has 0 saturated heterocycles. The lowest BCUT2D eigenvalue weighted by atomic mass is 10.2. The van der Waals surface area contributed by atoms with Crippen molar-refractivity contribution in [1.29, 1.82) is 0 Å². The Balaban J connectivity index is 2.04. The molecule has 3 heterocycles. The first-order chi connectivity index (χ1) is 9.13. The maximum Gasteiger partial charge on any atom is 0.263 e. The number of hydrogen-bond donors (Lipinski definition) is 1. The number of thiophene rings is 1. The molecule has 0 spiro atoms. The van der Waals surface area contributed by atoms with E-state index >= 15 is 0 Å². The summed E-state index contributed by atoms with van der Waals surface area (Å²) in [7, 11) is 0. The fourth-order valence-corrected chi connectivity index (χ4v) is 2.96. The van der Waals surface area contributed by atoms with E-state index in [0.717, 1.165) is 15.0 Å². The van der Waals surface area contributed by atoms with Crippen LogP contribution in [0.25, 0.3) is 22.2 Å². The van der Waals surface area contributed by atoms with E-state index in [1.54, 1.807) is 6.20 Å². The third-order valence-electron chi connectivity index (χ3n) is 2.50. The van der Waals surface area contributed by atoms with Crippen molar-refractivity contribution >= 4 is 27.3 Å². The zero-order valence-corrected chi connectivity index (χ0v) is 12.2. The lowest BCUT2D eigenvalue weighted by molar-refractivity contribution is 0.432. The van der Waals surface area contributed by atoms with E-state index in [0.29, 0.717) is 11.4 Å². The molecule has 0 atom stereocenters. The van der Waals surface area contributed by atoms with Gasteiger partial charge in [0.25, 0.3) is 5.89 Å². The van der Waals surface area contributed by atoms with Gasteiger partial charge in [-0.2, -0.15) is 4.98 Å². The summed E-state index contributed by atoms with van der Waals surface area (Å²) in [5, 5.41) is 5.82. The fraction of sp³-hybridized carbons (Fsp3) is 0.0833. The molecule has 5 nitrogen and oxygen atoms in total. The quantitative estimate of drug-likeness (QED) is 0.779. The van der Waals surface area contributed by atoms with E-state index in [2.05, 4.69) is 31.1 Å². The molecule has 19 heavy (non-hydrogen) atoms. The Morgan fingerprint density at radius 3 is 2.95 bits per heavy atom. The van der Waals surface area contributed by atoms with Crippen LogP contribution in [-0.4, -0.2) is 15.1 Å². The lowest BCUT2D eigenvalue weighted by Gasteiger charge is -1.94. The van der Waals surface area contributed by atoms with Crippen molar-refractivity contribution in [1.82, 2.24) is 15.1 Å². The molecule has 3 aromatic rings. The normalized spacial score (nSPS) is 10.8. The number of aromatic nitrogens is 3. The van der Waals surface area contributed by atoms with Crippen LogP contribution < -0.4 is 5.43 Å². The molecule has 96 valence electrons. The van der Waals surface area contributed by atoms with Crippen LogP contribution >= 0.6 is 27.3 Å². The molecule has 0 aliphatic carbocycles. The molecule has 3 rings (SSSR count). The molecule has 0 aliphatic heterocycles. The van der Waals surface area contributed by atoms with Crippen LogP contribution in [0.3, 0.4) is 0 Å². The van der Waals surface area contributed by atoms with Gasteiger partial charge in [0.1, 0.15) is 5.56 Å². The number of aryl methyl sites for hydroxylation is 1. The molecule has 1 N–H and O–H groups in total. The van der Waals surface area contributed by atoms with Gasteiger partial charge >= 0.3 is 0 Å². The molecule has 0 amide bonds. The molecule has 0 fully saturated rings. The first kappa shape index (κ1) is 12.3. The average Bonchev–Trinajstić information content (AvgIpc) is 2.97. The SMILES string of the molecule is Cc1cc(=O)c(-c2nc(-c3cc(Br)cs3)no2)c[nH]1. The molecule has 7 heteroatoms. The van der Waals surface area contributed by atoms with Crippen LogP contribution in [0.5, 0.6) is 0 Å². The number of nitrogens with zero attached hydrogens (tertiary/aromatic N) is 2. The van der Waals surface area contributed by atoms with Crippen molar-refractivity contribution in [3.8, 4) is 22.2 Å². The molecular weight excluding hydrogens is 330 g/mol. The highest BCUT2D eigenvalue weighted by Gasteiger charge is 2.14. The number of aromatic amines is 1. The van der Waals surface area contributed by atoms with Crippen molar-refractivity contribution in [3.05, 3.63) is 44.1 Å². The Hall–Kier alpha value is -1.73. The highest BCUT2D eigenvalue weighted by molar-refractivity contribution is 9.10. The summed E-state index contributed by atoms with van der Waals surface area (Å²) in [6.07, 6.45) is 1.58. The average molecular weight is 338 g/mol. The number of pyridine rings is 1. The molecule has 3 aromatic heterocycles. The van der Waals surface area contributed by atoms with Gasteiger partial charge in [0, 0.05) is 27.8 Å². The summed E-state index contributed by atoms with van der Waals surface area (Å²) in [5.74, 6) is 0.700. The minimum absolute atomic E-state index is 0.140. The third-order valence-corrected chi connectivity index (χ3v) is 4.19. The maximum atomic E-state index is 11.8. The molecule has 0 unspecified atom stereocenters. The second kappa shape index (κ2) is 4.75. The van der Waals surface area contributed by atoms with Crippen LogP contribution in [0.15, 0.2) is 37.5 Å². The van der Waals surface area contributed by atoms with Crippen LogP contribution in [0, 0.1) is 6.92 Å². The standard InChI is InChI=1S/C12H8BrN3O2S/c1-6-2-9(17)8(4-14-6)12-15-11(16-18-12)10-3-7(13)5-19-10/h2-5H,1H3,(H,14,17). The second-order valence-corrected chi connectivity index (χ2v) is 5.77. The Labute approximate surface area is 120 Å². The third kappa shape index (κ3) is 2.39. The topological polar surface area (TPSA) is 71.8 Å². The maximum absolute atomic E-state index is 11.8. The molecule has 0 bridgehead atoms. The summed E-state index contributed by atoms with van der Waals surface area (Å²) in [6, 6.07) is 3.40. The largest absolute Gasteiger partial charge is 0.364 e. The van der Waals surface area contributed by atoms with Crippen LogP contribution in [0.4, 0.5) is 0 Å². The van der Waals surface area contributed by atoms with Crippen LogP contribution in [-0.2, 0) is 0 Å². The van der Waals surface area contributed by atoms with Gasteiger partial charge in [-0.3, -0.25) is 4.79 Å². The van der Waals surface area contributed by atoms with Crippen molar-refractivity contribution in [2.75, 3.05) is 0 Å². The van der Waals surface area contributed by atoms with E-state index in [1.807, 2.05) is 18.4 Å². The van der Waals surface area contributed by atoms with Gasteiger partial charge in [-0.15, -0.1) is 11.3 Å². The lowest BCUT2D eigenvalue weighted by Crippen LogP contribution is -2.05. The molecule has 0 saturated carbocycles. The Morgan fingerprint density at radius 2 is 2.26 bits per heavy atom.